The lowest BCUT2D eigenvalue weighted by atomic mass is 9.89. The van der Waals surface area contributed by atoms with Gasteiger partial charge in [0, 0.05) is 33.3 Å². The molecule has 1 aromatic heterocycles. The van der Waals surface area contributed by atoms with Crippen molar-refractivity contribution in [2.45, 2.75) is 51.5 Å². The van der Waals surface area contributed by atoms with Crippen LogP contribution in [0.1, 0.15) is 65.0 Å². The van der Waals surface area contributed by atoms with Gasteiger partial charge in [0.25, 0.3) is 5.91 Å². The highest BCUT2D eigenvalue weighted by Gasteiger charge is 2.55. The van der Waals surface area contributed by atoms with Crippen molar-refractivity contribution in [3.05, 3.63) is 99.3 Å². The minimum absolute atomic E-state index is 0.0294. The molecule has 1 atom stereocenters. The molecule has 0 bridgehead atoms. The molecule has 1 unspecified atom stereocenters. The Kier molecular flexibility index (Phi) is 6.20. The Balaban J connectivity index is 1.70. The molecule has 36 heavy (non-hydrogen) atoms. The Labute approximate surface area is 216 Å². The number of rotatable bonds is 8. The second-order valence-corrected chi connectivity index (χ2v) is 11.1. The summed E-state index contributed by atoms with van der Waals surface area (Å²) in [4.78, 5) is 20.3. The van der Waals surface area contributed by atoms with Crippen LogP contribution in [0, 0.1) is 12.3 Å². The SMILES string of the molecule is Cc1ccc(CN2C(=O)c3cc(C(C)(C)O)ccc3C2(OCC2(CO)CC2)c2ccc(Cl)cc2)nc1. The van der Waals surface area contributed by atoms with Crippen LogP contribution in [0.3, 0.4) is 0 Å². The first-order valence-electron chi connectivity index (χ1n) is 12.2. The Morgan fingerprint density at radius 3 is 2.42 bits per heavy atom. The fraction of sp³-hybridized carbons (Fsp3) is 0.379. The number of nitrogens with zero attached hydrogens (tertiary/aromatic N) is 2. The Hall–Kier alpha value is -2.77. The molecule has 1 saturated carbocycles. The molecule has 2 aliphatic rings. The van der Waals surface area contributed by atoms with Gasteiger partial charge in [-0.15, -0.1) is 0 Å². The number of aryl methyl sites for hydroxylation is 1. The third-order valence-electron chi connectivity index (χ3n) is 7.35. The van der Waals surface area contributed by atoms with Crippen LogP contribution >= 0.6 is 11.6 Å². The molecule has 1 fully saturated rings. The number of benzene rings is 2. The number of amides is 1. The van der Waals surface area contributed by atoms with Crippen molar-refractivity contribution in [2.75, 3.05) is 13.2 Å². The van der Waals surface area contributed by atoms with E-state index in [0.29, 0.717) is 28.3 Å². The van der Waals surface area contributed by atoms with Crippen LogP contribution in [-0.2, 0) is 22.6 Å². The summed E-state index contributed by atoms with van der Waals surface area (Å²) in [5.74, 6) is -0.206. The standard InChI is InChI=1S/C29H31ClN2O4/c1-19-4-10-23(31-15-19)16-32-26(34)24-14-21(27(2,3)35)7-11-25(24)29(32,20-5-8-22(30)9-6-20)36-18-28(17-33)12-13-28/h4-11,14-15,33,35H,12-13,16-18H2,1-3H3. The van der Waals surface area contributed by atoms with Gasteiger partial charge in [0.2, 0.25) is 0 Å². The summed E-state index contributed by atoms with van der Waals surface area (Å²) in [7, 11) is 0. The molecule has 1 aliphatic heterocycles. The number of halogens is 1. The summed E-state index contributed by atoms with van der Waals surface area (Å²) in [6, 6.07) is 16.7. The minimum atomic E-state index is -1.24. The van der Waals surface area contributed by atoms with Crippen LogP contribution < -0.4 is 0 Å². The second-order valence-electron chi connectivity index (χ2n) is 10.6. The first kappa shape index (κ1) is 24.9. The molecule has 6 nitrogen and oxygen atoms in total. The van der Waals surface area contributed by atoms with Crippen molar-refractivity contribution in [1.82, 2.24) is 9.88 Å². The summed E-state index contributed by atoms with van der Waals surface area (Å²) in [6.45, 7) is 5.91. The molecule has 0 spiro atoms. The zero-order valence-corrected chi connectivity index (χ0v) is 21.5. The van der Waals surface area contributed by atoms with Crippen LogP contribution in [0.2, 0.25) is 5.02 Å². The lowest BCUT2D eigenvalue weighted by Gasteiger charge is -2.40. The lowest BCUT2D eigenvalue weighted by molar-refractivity contribution is -0.129. The summed E-state index contributed by atoms with van der Waals surface area (Å²) in [5.41, 5.74) is 1.69. The van der Waals surface area contributed by atoms with Gasteiger partial charge in [-0.2, -0.15) is 0 Å². The van der Waals surface area contributed by atoms with Crippen LogP contribution in [-0.4, -0.2) is 39.2 Å². The predicted octanol–water partition coefficient (Wildman–Crippen LogP) is 4.92. The van der Waals surface area contributed by atoms with Crippen LogP contribution in [0.25, 0.3) is 0 Å². The van der Waals surface area contributed by atoms with E-state index in [-0.39, 0.29) is 24.5 Å². The monoisotopic (exact) mass is 506 g/mol. The van der Waals surface area contributed by atoms with Crippen molar-refractivity contribution in [2.24, 2.45) is 5.41 Å². The number of pyridine rings is 1. The molecule has 3 aromatic rings. The first-order valence-corrected chi connectivity index (χ1v) is 12.6. The summed E-state index contributed by atoms with van der Waals surface area (Å²) >= 11 is 6.23. The molecule has 0 radical (unpaired) electrons. The van der Waals surface area contributed by atoms with Crippen molar-refractivity contribution in [3.63, 3.8) is 0 Å². The van der Waals surface area contributed by atoms with E-state index in [4.69, 9.17) is 16.3 Å². The van der Waals surface area contributed by atoms with Gasteiger partial charge in [0.15, 0.2) is 5.72 Å². The maximum Gasteiger partial charge on any atom is 0.257 e. The third kappa shape index (κ3) is 4.33. The fourth-order valence-corrected chi connectivity index (χ4v) is 4.90. The predicted molar refractivity (Wildman–Crippen MR) is 137 cm³/mol. The summed E-state index contributed by atoms with van der Waals surface area (Å²) in [6.07, 6.45) is 3.53. The third-order valence-corrected chi connectivity index (χ3v) is 7.61. The van der Waals surface area contributed by atoms with Crippen LogP contribution in [0.5, 0.6) is 0 Å². The fourth-order valence-electron chi connectivity index (χ4n) is 4.78. The van der Waals surface area contributed by atoms with Gasteiger partial charge in [-0.05, 0) is 69.0 Å². The average molecular weight is 507 g/mol. The molecular weight excluding hydrogens is 476 g/mol. The number of aliphatic hydroxyl groups excluding tert-OH is 1. The molecule has 2 N–H and O–H groups in total. The first-order chi connectivity index (χ1) is 17.1. The zero-order chi connectivity index (χ0) is 25.7. The number of hydrogen-bond donors (Lipinski definition) is 2. The number of ether oxygens (including phenoxy) is 1. The van der Waals surface area contributed by atoms with Crippen molar-refractivity contribution in [3.8, 4) is 0 Å². The number of fused-ring (bicyclic) bond motifs is 1. The molecule has 2 heterocycles. The van der Waals surface area contributed by atoms with Crippen molar-refractivity contribution in [1.29, 1.82) is 0 Å². The van der Waals surface area contributed by atoms with E-state index in [2.05, 4.69) is 4.98 Å². The highest BCUT2D eigenvalue weighted by molar-refractivity contribution is 6.30. The Morgan fingerprint density at radius 2 is 1.83 bits per heavy atom. The largest absolute Gasteiger partial charge is 0.396 e. The molecule has 5 rings (SSSR count). The summed E-state index contributed by atoms with van der Waals surface area (Å²) < 4.78 is 6.78. The number of aliphatic hydroxyl groups is 2. The van der Waals surface area contributed by atoms with Crippen LogP contribution in [0.4, 0.5) is 0 Å². The number of carbonyl (C=O) groups excluding carboxylic acids is 1. The molecule has 0 saturated heterocycles. The van der Waals surface area contributed by atoms with Crippen molar-refractivity contribution >= 4 is 17.5 Å². The summed E-state index contributed by atoms with van der Waals surface area (Å²) in [5, 5.41) is 21.2. The normalized spacial score (nSPS) is 20.5. The molecule has 188 valence electrons. The van der Waals surface area contributed by atoms with Gasteiger partial charge in [0.05, 0.1) is 31.1 Å². The minimum Gasteiger partial charge on any atom is -0.396 e. The van der Waals surface area contributed by atoms with Gasteiger partial charge in [-0.3, -0.25) is 14.7 Å². The number of aromatic nitrogens is 1. The maximum absolute atomic E-state index is 14.1. The average Bonchev–Trinajstić information content (AvgIpc) is 3.60. The molecule has 1 amide bonds. The van der Waals surface area contributed by atoms with Gasteiger partial charge in [-0.1, -0.05) is 41.9 Å². The van der Waals surface area contributed by atoms with Gasteiger partial charge in [0.1, 0.15) is 0 Å². The lowest BCUT2D eigenvalue weighted by Crippen LogP contribution is -2.47. The van der Waals surface area contributed by atoms with Gasteiger partial charge >= 0.3 is 0 Å². The second kappa shape index (κ2) is 8.96. The topological polar surface area (TPSA) is 82.9 Å². The smallest absolute Gasteiger partial charge is 0.257 e. The van der Waals surface area contributed by atoms with E-state index in [1.807, 2.05) is 43.3 Å². The van der Waals surface area contributed by atoms with E-state index in [1.54, 1.807) is 43.1 Å². The van der Waals surface area contributed by atoms with Gasteiger partial charge < -0.3 is 14.9 Å². The van der Waals surface area contributed by atoms with E-state index >= 15 is 0 Å². The Bertz CT molecular complexity index is 1280. The number of carbonyl (C=O) groups is 1. The van der Waals surface area contributed by atoms with E-state index in [9.17, 15) is 15.0 Å². The Morgan fingerprint density at radius 1 is 1.11 bits per heavy atom. The molecule has 2 aromatic carbocycles. The zero-order valence-electron chi connectivity index (χ0n) is 20.8. The maximum atomic E-state index is 14.1. The van der Waals surface area contributed by atoms with Crippen molar-refractivity contribution < 1.29 is 19.7 Å². The van der Waals surface area contributed by atoms with E-state index in [1.165, 1.54) is 0 Å². The molecule has 7 heteroatoms. The van der Waals surface area contributed by atoms with E-state index in [0.717, 1.165) is 29.7 Å². The number of hydrogen-bond acceptors (Lipinski definition) is 5. The molecule has 1 aliphatic carbocycles. The quantitative estimate of drug-likeness (QED) is 0.453. The highest BCUT2D eigenvalue weighted by atomic mass is 35.5. The van der Waals surface area contributed by atoms with Crippen LogP contribution in [0.15, 0.2) is 60.8 Å². The molecular formula is C29H31ClN2O4. The van der Waals surface area contributed by atoms with Gasteiger partial charge in [-0.25, -0.2) is 0 Å². The van der Waals surface area contributed by atoms with E-state index < -0.39 is 11.3 Å². The highest BCUT2D eigenvalue weighted by Crippen LogP contribution is 2.51.